The number of sulfonamides is 1. The predicted octanol–water partition coefficient (Wildman–Crippen LogP) is 1.48. The van der Waals surface area contributed by atoms with Crippen molar-refractivity contribution in [3.63, 3.8) is 0 Å². The fraction of sp³-hybridized carbons (Fsp3) is 0.538. The van der Waals surface area contributed by atoms with E-state index >= 15 is 0 Å². The molecule has 2 rings (SSSR count). The lowest BCUT2D eigenvalue weighted by Gasteiger charge is -2.25. The SMILES string of the molecule is Cc1ccc(S(C)(=O)=O)cc1S(=O)(=O)NCC1CCC1. The highest BCUT2D eigenvalue weighted by molar-refractivity contribution is 7.91. The Balaban J connectivity index is 2.29. The minimum Gasteiger partial charge on any atom is -0.224 e. The third kappa shape index (κ3) is 3.39. The van der Waals surface area contributed by atoms with E-state index < -0.39 is 19.9 Å². The van der Waals surface area contributed by atoms with E-state index in [0.29, 0.717) is 18.0 Å². The Morgan fingerprint density at radius 3 is 2.35 bits per heavy atom. The number of hydrogen-bond acceptors (Lipinski definition) is 4. The maximum atomic E-state index is 12.3. The van der Waals surface area contributed by atoms with E-state index in [1.165, 1.54) is 18.2 Å². The molecule has 0 radical (unpaired) electrons. The average molecular weight is 317 g/mol. The highest BCUT2D eigenvalue weighted by Gasteiger charge is 2.23. The summed E-state index contributed by atoms with van der Waals surface area (Å²) >= 11 is 0. The summed E-state index contributed by atoms with van der Waals surface area (Å²) in [6.45, 7) is 2.08. The molecular weight excluding hydrogens is 298 g/mol. The van der Waals surface area contributed by atoms with Gasteiger partial charge in [0.15, 0.2) is 9.84 Å². The zero-order valence-corrected chi connectivity index (χ0v) is 13.2. The summed E-state index contributed by atoms with van der Waals surface area (Å²) in [4.78, 5) is 0.0619. The summed E-state index contributed by atoms with van der Waals surface area (Å²) in [5, 5.41) is 0. The number of hydrogen-bond donors (Lipinski definition) is 1. The van der Waals surface area contributed by atoms with E-state index in [2.05, 4.69) is 4.72 Å². The van der Waals surface area contributed by atoms with Crippen LogP contribution in [-0.2, 0) is 19.9 Å². The van der Waals surface area contributed by atoms with Crippen molar-refractivity contribution in [3.8, 4) is 0 Å². The Kier molecular flexibility index (Phi) is 4.22. The van der Waals surface area contributed by atoms with Gasteiger partial charge in [0.05, 0.1) is 9.79 Å². The van der Waals surface area contributed by atoms with Crippen molar-refractivity contribution in [3.05, 3.63) is 23.8 Å². The third-order valence-electron chi connectivity index (χ3n) is 3.66. The van der Waals surface area contributed by atoms with Gasteiger partial charge in [0.1, 0.15) is 0 Å². The van der Waals surface area contributed by atoms with Crippen molar-refractivity contribution in [1.29, 1.82) is 0 Å². The van der Waals surface area contributed by atoms with Gasteiger partial charge in [-0.1, -0.05) is 12.5 Å². The van der Waals surface area contributed by atoms with Crippen LogP contribution in [0.5, 0.6) is 0 Å². The standard InChI is InChI=1S/C13H19NO4S2/c1-10-6-7-12(19(2,15)16)8-13(10)20(17,18)14-9-11-4-3-5-11/h6-8,11,14H,3-5,9H2,1-2H3. The normalized spacial score (nSPS) is 16.9. The molecule has 0 amide bonds. The molecule has 1 N–H and O–H groups in total. The molecule has 112 valence electrons. The Bertz CT molecular complexity index is 704. The van der Waals surface area contributed by atoms with Crippen LogP contribution in [0.4, 0.5) is 0 Å². The molecule has 1 aliphatic carbocycles. The molecule has 20 heavy (non-hydrogen) atoms. The minimum atomic E-state index is -3.66. The molecule has 0 aromatic heterocycles. The van der Waals surface area contributed by atoms with Crippen LogP contribution in [0.3, 0.4) is 0 Å². The lowest BCUT2D eigenvalue weighted by Crippen LogP contribution is -2.32. The number of nitrogens with one attached hydrogen (secondary N) is 1. The first-order chi connectivity index (χ1) is 9.20. The molecule has 0 aliphatic heterocycles. The van der Waals surface area contributed by atoms with Gasteiger partial charge in [0.2, 0.25) is 10.0 Å². The summed E-state index contributed by atoms with van der Waals surface area (Å²) in [5.41, 5.74) is 0.540. The van der Waals surface area contributed by atoms with E-state index in [0.717, 1.165) is 25.5 Å². The molecule has 7 heteroatoms. The first-order valence-electron chi connectivity index (χ1n) is 6.50. The highest BCUT2D eigenvalue weighted by atomic mass is 32.2. The molecule has 1 aromatic carbocycles. The first kappa shape index (κ1) is 15.5. The van der Waals surface area contributed by atoms with Crippen molar-refractivity contribution in [1.82, 2.24) is 4.72 Å². The lowest BCUT2D eigenvalue weighted by molar-refractivity contribution is 0.316. The van der Waals surface area contributed by atoms with Gasteiger partial charge in [-0.2, -0.15) is 0 Å². The second-order valence-electron chi connectivity index (χ2n) is 5.35. The smallest absolute Gasteiger partial charge is 0.224 e. The van der Waals surface area contributed by atoms with E-state index in [4.69, 9.17) is 0 Å². The summed E-state index contributed by atoms with van der Waals surface area (Å²) in [5.74, 6) is 0.406. The maximum Gasteiger partial charge on any atom is 0.240 e. The Morgan fingerprint density at radius 2 is 1.85 bits per heavy atom. The summed E-state index contributed by atoms with van der Waals surface area (Å²) in [7, 11) is -7.08. The molecule has 1 aromatic rings. The molecule has 0 atom stereocenters. The van der Waals surface area contributed by atoms with Crippen molar-refractivity contribution < 1.29 is 16.8 Å². The van der Waals surface area contributed by atoms with Crippen LogP contribution in [0.2, 0.25) is 0 Å². The molecule has 0 spiro atoms. The van der Waals surface area contributed by atoms with Crippen molar-refractivity contribution in [2.75, 3.05) is 12.8 Å². The van der Waals surface area contributed by atoms with E-state index in [1.54, 1.807) is 6.92 Å². The monoisotopic (exact) mass is 317 g/mol. The molecule has 1 fully saturated rings. The van der Waals surface area contributed by atoms with Crippen LogP contribution in [-0.4, -0.2) is 29.6 Å². The summed E-state index contributed by atoms with van der Waals surface area (Å²) in [6.07, 6.45) is 4.31. The maximum absolute atomic E-state index is 12.3. The molecule has 1 aliphatic rings. The van der Waals surface area contributed by atoms with Gasteiger partial charge in [-0.3, -0.25) is 0 Å². The zero-order chi connectivity index (χ0) is 15.0. The minimum absolute atomic E-state index is 0.0205. The number of rotatable bonds is 5. The quantitative estimate of drug-likeness (QED) is 0.892. The van der Waals surface area contributed by atoms with Crippen LogP contribution in [0.1, 0.15) is 24.8 Å². The fourth-order valence-corrected chi connectivity index (χ4v) is 4.21. The first-order valence-corrected chi connectivity index (χ1v) is 9.88. The molecule has 1 saturated carbocycles. The van der Waals surface area contributed by atoms with Crippen LogP contribution in [0, 0.1) is 12.8 Å². The van der Waals surface area contributed by atoms with Gasteiger partial charge in [-0.05, 0) is 43.4 Å². The van der Waals surface area contributed by atoms with Crippen molar-refractivity contribution in [2.45, 2.75) is 36.0 Å². The fourth-order valence-electron chi connectivity index (χ4n) is 2.10. The second kappa shape index (κ2) is 5.46. The molecule has 0 saturated heterocycles. The van der Waals surface area contributed by atoms with Gasteiger partial charge in [-0.25, -0.2) is 21.6 Å². The Labute approximate surface area is 120 Å². The van der Waals surface area contributed by atoms with Gasteiger partial charge < -0.3 is 0 Å². The van der Waals surface area contributed by atoms with Gasteiger partial charge in [0, 0.05) is 12.8 Å². The molecule has 0 unspecified atom stereocenters. The molecular formula is C13H19NO4S2. The van der Waals surface area contributed by atoms with Gasteiger partial charge in [0.25, 0.3) is 0 Å². The van der Waals surface area contributed by atoms with E-state index in [9.17, 15) is 16.8 Å². The van der Waals surface area contributed by atoms with Crippen molar-refractivity contribution >= 4 is 19.9 Å². The van der Waals surface area contributed by atoms with Crippen LogP contribution in [0.25, 0.3) is 0 Å². The number of benzene rings is 1. The third-order valence-corrected chi connectivity index (χ3v) is 6.34. The largest absolute Gasteiger partial charge is 0.240 e. The van der Waals surface area contributed by atoms with Crippen LogP contribution >= 0.6 is 0 Å². The lowest BCUT2D eigenvalue weighted by atomic mass is 9.86. The Hall–Kier alpha value is -0.920. The second-order valence-corrected chi connectivity index (χ2v) is 9.10. The number of sulfone groups is 1. The van der Waals surface area contributed by atoms with E-state index in [1.807, 2.05) is 0 Å². The predicted molar refractivity (Wildman–Crippen MR) is 76.8 cm³/mol. The van der Waals surface area contributed by atoms with Gasteiger partial charge >= 0.3 is 0 Å². The molecule has 0 heterocycles. The average Bonchev–Trinajstić information content (AvgIpc) is 2.25. The summed E-state index contributed by atoms with van der Waals surface area (Å²) < 4.78 is 50.2. The molecule has 5 nitrogen and oxygen atoms in total. The van der Waals surface area contributed by atoms with Crippen molar-refractivity contribution in [2.24, 2.45) is 5.92 Å². The molecule has 0 bridgehead atoms. The van der Waals surface area contributed by atoms with Crippen LogP contribution < -0.4 is 4.72 Å². The summed E-state index contributed by atoms with van der Waals surface area (Å²) in [6, 6.07) is 4.18. The topological polar surface area (TPSA) is 80.3 Å². The van der Waals surface area contributed by atoms with Crippen LogP contribution in [0.15, 0.2) is 28.0 Å². The number of aryl methyl sites for hydroxylation is 1. The highest BCUT2D eigenvalue weighted by Crippen LogP contribution is 2.26. The van der Waals surface area contributed by atoms with Gasteiger partial charge in [-0.15, -0.1) is 0 Å². The zero-order valence-electron chi connectivity index (χ0n) is 11.6. The van der Waals surface area contributed by atoms with E-state index in [-0.39, 0.29) is 9.79 Å². The Morgan fingerprint density at radius 1 is 1.20 bits per heavy atom.